The fourth-order valence-corrected chi connectivity index (χ4v) is 1.44. The average Bonchev–Trinajstić information content (AvgIpc) is 2.82. The third-order valence-electron chi connectivity index (χ3n) is 2.31. The van der Waals surface area contributed by atoms with E-state index in [0.717, 1.165) is 6.42 Å². The smallest absolute Gasteiger partial charge is 0.272 e. The molecule has 2 rings (SSSR count). The van der Waals surface area contributed by atoms with Gasteiger partial charge in [0, 0.05) is 6.61 Å². The Labute approximate surface area is 92.3 Å². The fourth-order valence-electron chi connectivity index (χ4n) is 1.44. The highest BCUT2D eigenvalue weighted by atomic mass is 16.5. The van der Waals surface area contributed by atoms with Gasteiger partial charge in [-0.15, -0.1) is 10.2 Å². The first-order chi connectivity index (χ1) is 7.79. The van der Waals surface area contributed by atoms with Crippen LogP contribution in [0.2, 0.25) is 0 Å². The number of nitrogens with two attached hydrogens (primary N) is 1. The Kier molecular flexibility index (Phi) is 3.28. The lowest BCUT2D eigenvalue weighted by atomic mass is 10.2. The van der Waals surface area contributed by atoms with Crippen LogP contribution < -0.4 is 16.6 Å². The highest BCUT2D eigenvalue weighted by molar-refractivity contribution is 5.92. The second-order valence-corrected chi connectivity index (χ2v) is 3.48. The van der Waals surface area contributed by atoms with Crippen LogP contribution in [0.5, 0.6) is 0 Å². The maximum atomic E-state index is 11.7. The van der Waals surface area contributed by atoms with Crippen molar-refractivity contribution in [2.75, 3.05) is 18.6 Å². The third kappa shape index (κ3) is 2.44. The minimum absolute atomic E-state index is 0.0709. The maximum Gasteiger partial charge on any atom is 0.272 e. The monoisotopic (exact) mass is 223 g/mol. The molecule has 16 heavy (non-hydrogen) atoms. The fraction of sp³-hybridized carbons (Fsp3) is 0.444. The zero-order chi connectivity index (χ0) is 11.4. The summed E-state index contributed by atoms with van der Waals surface area (Å²) in [5, 5.41) is 10.3. The van der Waals surface area contributed by atoms with E-state index >= 15 is 0 Å². The Balaban J connectivity index is 1.97. The summed E-state index contributed by atoms with van der Waals surface area (Å²) < 4.78 is 5.15. The van der Waals surface area contributed by atoms with E-state index in [2.05, 4.69) is 20.9 Å². The number of amides is 1. The lowest BCUT2D eigenvalue weighted by Gasteiger charge is -2.09. The van der Waals surface area contributed by atoms with E-state index < -0.39 is 0 Å². The van der Waals surface area contributed by atoms with Crippen molar-refractivity contribution in [2.45, 2.75) is 12.5 Å². The molecule has 0 bridgehead atoms. The number of nitrogens with zero attached hydrogens (tertiary/aromatic N) is 2. The average molecular weight is 223 g/mol. The quantitative estimate of drug-likeness (QED) is 0.461. The molecule has 2 heterocycles. The number of rotatable bonds is 3. The molecule has 7 nitrogen and oxygen atoms in total. The van der Waals surface area contributed by atoms with Crippen LogP contribution in [0.25, 0.3) is 0 Å². The Morgan fingerprint density at radius 1 is 1.50 bits per heavy atom. The van der Waals surface area contributed by atoms with Crippen molar-refractivity contribution in [1.29, 1.82) is 0 Å². The molecule has 1 atom stereocenters. The number of hydrazine groups is 1. The van der Waals surface area contributed by atoms with E-state index in [1.165, 1.54) is 0 Å². The zero-order valence-electron chi connectivity index (χ0n) is 8.64. The van der Waals surface area contributed by atoms with Gasteiger partial charge in [-0.1, -0.05) is 0 Å². The summed E-state index contributed by atoms with van der Waals surface area (Å²) in [5.74, 6) is 5.31. The van der Waals surface area contributed by atoms with E-state index in [4.69, 9.17) is 10.6 Å². The van der Waals surface area contributed by atoms with Gasteiger partial charge in [-0.25, -0.2) is 5.84 Å². The molecule has 1 aromatic heterocycles. The van der Waals surface area contributed by atoms with E-state index in [0.29, 0.717) is 19.0 Å². The topological polar surface area (TPSA) is 102 Å². The Morgan fingerprint density at radius 3 is 2.94 bits per heavy atom. The van der Waals surface area contributed by atoms with Gasteiger partial charge in [0.1, 0.15) is 0 Å². The standard InChI is InChI=1S/C9H13N5O2/c10-12-8-2-1-7(13-14-8)9(15)11-6-3-4-16-5-6/h1-2,6H,3-5,10H2,(H,11,15)(H,12,14). The zero-order valence-corrected chi connectivity index (χ0v) is 8.64. The molecule has 4 N–H and O–H groups in total. The van der Waals surface area contributed by atoms with Gasteiger partial charge >= 0.3 is 0 Å². The predicted octanol–water partition coefficient (Wildman–Crippen LogP) is -0.719. The number of nitrogen functional groups attached to an aromatic ring is 1. The first-order valence-corrected chi connectivity index (χ1v) is 4.98. The summed E-state index contributed by atoms with van der Waals surface area (Å²) in [6, 6.07) is 3.22. The molecule has 86 valence electrons. The Bertz CT molecular complexity index is 361. The molecule has 0 aromatic carbocycles. The predicted molar refractivity (Wildman–Crippen MR) is 56.5 cm³/mol. The van der Waals surface area contributed by atoms with E-state index in [1.807, 2.05) is 0 Å². The van der Waals surface area contributed by atoms with Crippen LogP contribution in [0.1, 0.15) is 16.9 Å². The number of carbonyl (C=O) groups excluding carboxylic acids is 1. The molecule has 1 aliphatic heterocycles. The van der Waals surface area contributed by atoms with Gasteiger partial charge in [-0.05, 0) is 18.6 Å². The van der Waals surface area contributed by atoms with Gasteiger partial charge in [0.25, 0.3) is 5.91 Å². The summed E-state index contributed by atoms with van der Waals surface area (Å²) in [7, 11) is 0. The van der Waals surface area contributed by atoms with E-state index in [-0.39, 0.29) is 17.6 Å². The molecule has 0 aliphatic carbocycles. The number of carbonyl (C=O) groups is 1. The van der Waals surface area contributed by atoms with Crippen molar-refractivity contribution in [1.82, 2.24) is 15.5 Å². The Morgan fingerprint density at radius 2 is 2.38 bits per heavy atom. The molecule has 7 heteroatoms. The van der Waals surface area contributed by atoms with Crippen molar-refractivity contribution in [3.63, 3.8) is 0 Å². The molecule has 1 saturated heterocycles. The minimum Gasteiger partial charge on any atom is -0.379 e. The molecule has 1 amide bonds. The van der Waals surface area contributed by atoms with Crippen LogP contribution in [-0.4, -0.2) is 35.4 Å². The summed E-state index contributed by atoms with van der Waals surface area (Å²) in [6.07, 6.45) is 0.835. The highest BCUT2D eigenvalue weighted by Crippen LogP contribution is 2.05. The largest absolute Gasteiger partial charge is 0.379 e. The third-order valence-corrected chi connectivity index (χ3v) is 2.31. The SMILES string of the molecule is NNc1ccc(C(=O)NC2CCOC2)nn1. The van der Waals surface area contributed by atoms with Crippen LogP contribution >= 0.6 is 0 Å². The molecule has 1 fully saturated rings. The van der Waals surface area contributed by atoms with Crippen molar-refractivity contribution in [3.8, 4) is 0 Å². The summed E-state index contributed by atoms with van der Waals surface area (Å²) in [4.78, 5) is 11.7. The van der Waals surface area contributed by atoms with Gasteiger partial charge in [0.15, 0.2) is 11.5 Å². The number of aromatic nitrogens is 2. The molecule has 0 radical (unpaired) electrons. The number of ether oxygens (including phenoxy) is 1. The molecule has 1 aliphatic rings. The normalized spacial score (nSPS) is 19.4. The lowest BCUT2D eigenvalue weighted by Crippen LogP contribution is -2.35. The number of hydrogen-bond acceptors (Lipinski definition) is 6. The van der Waals surface area contributed by atoms with Gasteiger partial charge in [0.05, 0.1) is 12.6 Å². The summed E-state index contributed by atoms with van der Waals surface area (Å²) in [6.45, 7) is 1.24. The van der Waals surface area contributed by atoms with Gasteiger partial charge in [-0.3, -0.25) is 4.79 Å². The van der Waals surface area contributed by atoms with Crippen molar-refractivity contribution < 1.29 is 9.53 Å². The van der Waals surface area contributed by atoms with E-state index in [9.17, 15) is 4.79 Å². The van der Waals surface area contributed by atoms with Crippen molar-refractivity contribution in [3.05, 3.63) is 17.8 Å². The maximum absolute atomic E-state index is 11.7. The van der Waals surface area contributed by atoms with Crippen LogP contribution in [0, 0.1) is 0 Å². The van der Waals surface area contributed by atoms with Crippen LogP contribution in [-0.2, 0) is 4.74 Å². The van der Waals surface area contributed by atoms with Crippen LogP contribution in [0.4, 0.5) is 5.82 Å². The van der Waals surface area contributed by atoms with Crippen molar-refractivity contribution in [2.24, 2.45) is 5.84 Å². The molecule has 0 spiro atoms. The first-order valence-electron chi connectivity index (χ1n) is 4.98. The lowest BCUT2D eigenvalue weighted by molar-refractivity contribution is 0.0924. The van der Waals surface area contributed by atoms with E-state index in [1.54, 1.807) is 12.1 Å². The number of anilines is 1. The summed E-state index contributed by atoms with van der Waals surface area (Å²) in [5.41, 5.74) is 2.61. The van der Waals surface area contributed by atoms with Crippen molar-refractivity contribution >= 4 is 11.7 Å². The second kappa shape index (κ2) is 4.86. The van der Waals surface area contributed by atoms with Crippen LogP contribution in [0.15, 0.2) is 12.1 Å². The second-order valence-electron chi connectivity index (χ2n) is 3.48. The molecule has 0 saturated carbocycles. The number of nitrogens with one attached hydrogen (secondary N) is 2. The van der Waals surface area contributed by atoms with Gasteiger partial charge in [0.2, 0.25) is 0 Å². The van der Waals surface area contributed by atoms with Gasteiger partial charge < -0.3 is 15.5 Å². The molecule has 1 unspecified atom stereocenters. The number of hydrogen-bond donors (Lipinski definition) is 3. The first kappa shape index (κ1) is 10.8. The molecular weight excluding hydrogens is 210 g/mol. The minimum atomic E-state index is -0.244. The highest BCUT2D eigenvalue weighted by Gasteiger charge is 2.19. The summed E-state index contributed by atoms with van der Waals surface area (Å²) >= 11 is 0. The molecular formula is C9H13N5O2. The Hall–Kier alpha value is -1.73. The van der Waals surface area contributed by atoms with Crippen LogP contribution in [0.3, 0.4) is 0 Å². The van der Waals surface area contributed by atoms with Gasteiger partial charge in [-0.2, -0.15) is 0 Å². The molecule has 1 aromatic rings.